The van der Waals surface area contributed by atoms with Gasteiger partial charge in [-0.2, -0.15) is 0 Å². The van der Waals surface area contributed by atoms with E-state index in [0.29, 0.717) is 18.4 Å². The maximum absolute atomic E-state index is 12.3. The van der Waals surface area contributed by atoms with Crippen LogP contribution in [-0.2, 0) is 11.2 Å². The Kier molecular flexibility index (Phi) is 5.21. The summed E-state index contributed by atoms with van der Waals surface area (Å²) in [5, 5.41) is 10.8. The van der Waals surface area contributed by atoms with Crippen molar-refractivity contribution in [2.75, 3.05) is 6.54 Å². The first kappa shape index (κ1) is 14.9. The van der Waals surface area contributed by atoms with Crippen molar-refractivity contribution in [1.82, 2.24) is 0 Å². The van der Waals surface area contributed by atoms with Gasteiger partial charge in [-0.3, -0.25) is 14.9 Å². The van der Waals surface area contributed by atoms with Gasteiger partial charge in [0.1, 0.15) is 11.7 Å². The third kappa shape index (κ3) is 4.53. The summed E-state index contributed by atoms with van der Waals surface area (Å²) in [6.07, 6.45) is 0.929. The summed E-state index contributed by atoms with van der Waals surface area (Å²) in [5.74, 6) is -0.744. The van der Waals surface area contributed by atoms with Crippen molar-refractivity contribution in [2.24, 2.45) is 0 Å². The van der Waals surface area contributed by atoms with Crippen LogP contribution in [0.1, 0.15) is 23.5 Å². The number of hydrogen-bond acceptors (Lipinski definition) is 3. The normalized spacial score (nSPS) is 11.8. The number of ketones is 1. The molecule has 0 N–H and O–H groups in total. The third-order valence-corrected chi connectivity index (χ3v) is 3.43. The molecule has 0 aliphatic carbocycles. The fourth-order valence-electron chi connectivity index (χ4n) is 2.31. The summed E-state index contributed by atoms with van der Waals surface area (Å²) in [7, 11) is 0. The van der Waals surface area contributed by atoms with Crippen LogP contribution in [0.3, 0.4) is 0 Å². The van der Waals surface area contributed by atoms with E-state index in [1.165, 1.54) is 0 Å². The van der Waals surface area contributed by atoms with Crippen LogP contribution >= 0.6 is 0 Å². The summed E-state index contributed by atoms with van der Waals surface area (Å²) in [5.41, 5.74) is 1.78. The van der Waals surface area contributed by atoms with Crippen molar-refractivity contribution < 1.29 is 9.72 Å². The van der Waals surface area contributed by atoms with Gasteiger partial charge in [-0.05, 0) is 17.5 Å². The Morgan fingerprint density at radius 3 is 2.14 bits per heavy atom. The third-order valence-electron chi connectivity index (χ3n) is 3.43. The number of aryl methyl sites for hydroxylation is 1. The zero-order valence-electron chi connectivity index (χ0n) is 11.6. The SMILES string of the molecule is O=C(CCc1ccccc1)[C@@H](C[N+](=O)[O-])c1ccccc1. The van der Waals surface area contributed by atoms with Crippen molar-refractivity contribution in [2.45, 2.75) is 18.8 Å². The van der Waals surface area contributed by atoms with E-state index in [1.807, 2.05) is 36.4 Å². The Balaban J connectivity index is 2.06. The van der Waals surface area contributed by atoms with Crippen LogP contribution in [0.25, 0.3) is 0 Å². The number of benzene rings is 2. The second-order valence-electron chi connectivity index (χ2n) is 4.93. The highest BCUT2D eigenvalue weighted by Crippen LogP contribution is 2.19. The van der Waals surface area contributed by atoms with Crippen molar-refractivity contribution in [3.63, 3.8) is 0 Å². The maximum Gasteiger partial charge on any atom is 0.217 e. The molecule has 0 fully saturated rings. The highest BCUT2D eigenvalue weighted by atomic mass is 16.6. The minimum Gasteiger partial charge on any atom is -0.299 e. The molecule has 0 heterocycles. The Labute approximate surface area is 123 Å². The minimum absolute atomic E-state index is 0.0817. The predicted molar refractivity (Wildman–Crippen MR) is 80.8 cm³/mol. The Hall–Kier alpha value is -2.49. The Morgan fingerprint density at radius 1 is 1.00 bits per heavy atom. The van der Waals surface area contributed by atoms with E-state index in [9.17, 15) is 14.9 Å². The van der Waals surface area contributed by atoms with Crippen LogP contribution in [0.5, 0.6) is 0 Å². The van der Waals surface area contributed by atoms with Gasteiger partial charge in [0, 0.05) is 11.3 Å². The first-order chi connectivity index (χ1) is 10.2. The molecule has 0 spiro atoms. The number of carbonyl (C=O) groups is 1. The minimum atomic E-state index is -0.662. The van der Waals surface area contributed by atoms with E-state index in [-0.39, 0.29) is 12.3 Å². The topological polar surface area (TPSA) is 60.2 Å². The van der Waals surface area contributed by atoms with Crippen LogP contribution in [0.15, 0.2) is 60.7 Å². The lowest BCUT2D eigenvalue weighted by Crippen LogP contribution is -2.21. The molecule has 21 heavy (non-hydrogen) atoms. The molecule has 2 aromatic carbocycles. The summed E-state index contributed by atoms with van der Waals surface area (Å²) in [4.78, 5) is 22.7. The van der Waals surface area contributed by atoms with Gasteiger partial charge in [0.15, 0.2) is 0 Å². The van der Waals surface area contributed by atoms with Crippen molar-refractivity contribution in [3.05, 3.63) is 81.9 Å². The van der Waals surface area contributed by atoms with E-state index in [1.54, 1.807) is 24.3 Å². The average molecular weight is 283 g/mol. The average Bonchev–Trinajstić information content (AvgIpc) is 2.52. The highest BCUT2D eigenvalue weighted by Gasteiger charge is 2.25. The van der Waals surface area contributed by atoms with Crippen LogP contribution in [-0.4, -0.2) is 17.3 Å². The molecule has 108 valence electrons. The first-order valence-electron chi connectivity index (χ1n) is 6.90. The number of nitrogens with zero attached hydrogens (tertiary/aromatic N) is 1. The van der Waals surface area contributed by atoms with Gasteiger partial charge in [0.05, 0.1) is 0 Å². The van der Waals surface area contributed by atoms with Gasteiger partial charge in [-0.15, -0.1) is 0 Å². The number of rotatable bonds is 7. The van der Waals surface area contributed by atoms with Gasteiger partial charge in [-0.25, -0.2) is 0 Å². The summed E-state index contributed by atoms with van der Waals surface area (Å²) in [6, 6.07) is 18.7. The molecule has 0 radical (unpaired) electrons. The molecule has 1 atom stereocenters. The largest absolute Gasteiger partial charge is 0.299 e. The molecule has 0 aliphatic rings. The molecule has 0 saturated carbocycles. The van der Waals surface area contributed by atoms with Gasteiger partial charge < -0.3 is 0 Å². The fourth-order valence-corrected chi connectivity index (χ4v) is 2.31. The molecule has 2 aromatic rings. The summed E-state index contributed by atoms with van der Waals surface area (Å²) in [6.45, 7) is -0.350. The standard InChI is InChI=1S/C17H17NO3/c19-17(12-11-14-7-3-1-4-8-14)16(13-18(20)21)15-9-5-2-6-10-15/h1-10,16H,11-13H2/t16-/m0/s1. The van der Waals surface area contributed by atoms with Crippen LogP contribution in [0, 0.1) is 10.1 Å². The lowest BCUT2D eigenvalue weighted by molar-refractivity contribution is -0.481. The molecule has 4 heteroatoms. The van der Waals surface area contributed by atoms with Crippen LogP contribution in [0.2, 0.25) is 0 Å². The lowest BCUT2D eigenvalue weighted by atomic mass is 9.91. The number of hydrogen-bond donors (Lipinski definition) is 0. The second-order valence-corrected chi connectivity index (χ2v) is 4.93. The van der Waals surface area contributed by atoms with Crippen molar-refractivity contribution in [1.29, 1.82) is 0 Å². The second kappa shape index (κ2) is 7.33. The molecule has 0 aliphatic heterocycles. The van der Waals surface area contributed by atoms with E-state index >= 15 is 0 Å². The molecule has 0 saturated heterocycles. The number of Topliss-reactive ketones (excluding diaryl/α,β-unsaturated/α-hetero) is 1. The molecule has 0 aromatic heterocycles. The molecule has 0 amide bonds. The van der Waals surface area contributed by atoms with Gasteiger partial charge in [-0.1, -0.05) is 60.7 Å². The Morgan fingerprint density at radius 2 is 1.57 bits per heavy atom. The molecule has 0 bridgehead atoms. The monoisotopic (exact) mass is 283 g/mol. The van der Waals surface area contributed by atoms with Crippen molar-refractivity contribution >= 4 is 5.78 Å². The quantitative estimate of drug-likeness (QED) is 0.579. The smallest absolute Gasteiger partial charge is 0.217 e. The van der Waals surface area contributed by atoms with Crippen molar-refractivity contribution in [3.8, 4) is 0 Å². The maximum atomic E-state index is 12.3. The predicted octanol–water partition coefficient (Wildman–Crippen LogP) is 3.25. The summed E-state index contributed by atoms with van der Waals surface area (Å²) >= 11 is 0. The van der Waals surface area contributed by atoms with Gasteiger partial charge >= 0.3 is 0 Å². The molecule has 2 rings (SSSR count). The molecular weight excluding hydrogens is 266 g/mol. The molecule has 4 nitrogen and oxygen atoms in total. The van der Waals surface area contributed by atoms with E-state index < -0.39 is 10.8 Å². The number of carbonyl (C=O) groups excluding carboxylic acids is 1. The lowest BCUT2D eigenvalue weighted by Gasteiger charge is -2.12. The van der Waals surface area contributed by atoms with E-state index in [0.717, 1.165) is 5.56 Å². The van der Waals surface area contributed by atoms with Crippen LogP contribution < -0.4 is 0 Å². The highest BCUT2D eigenvalue weighted by molar-refractivity contribution is 5.86. The zero-order chi connectivity index (χ0) is 15.1. The van der Waals surface area contributed by atoms with Gasteiger partial charge in [0.2, 0.25) is 6.54 Å². The van der Waals surface area contributed by atoms with E-state index in [2.05, 4.69) is 0 Å². The zero-order valence-corrected chi connectivity index (χ0v) is 11.6. The van der Waals surface area contributed by atoms with Gasteiger partial charge in [0.25, 0.3) is 0 Å². The summed E-state index contributed by atoms with van der Waals surface area (Å²) < 4.78 is 0. The van der Waals surface area contributed by atoms with E-state index in [4.69, 9.17) is 0 Å². The first-order valence-corrected chi connectivity index (χ1v) is 6.90. The Bertz CT molecular complexity index is 596. The number of nitro groups is 1. The van der Waals surface area contributed by atoms with Crippen LogP contribution in [0.4, 0.5) is 0 Å². The molecular formula is C17H17NO3. The molecule has 0 unspecified atom stereocenters. The fraction of sp³-hybridized carbons (Fsp3) is 0.235.